The van der Waals surface area contributed by atoms with Gasteiger partial charge < -0.3 is 9.33 Å². The van der Waals surface area contributed by atoms with Crippen LogP contribution in [0.25, 0.3) is 0 Å². The molecule has 3 rings (SSSR count). The Labute approximate surface area is 223 Å². The SMILES string of the molecule is CN(CCCCC(C)(C)[Si](C)(C)Oc1ccccc1)CC(c1ccc(Cl)cc1)c1ccc(Cl)cc1. The minimum atomic E-state index is -1.91. The van der Waals surface area contributed by atoms with E-state index in [4.69, 9.17) is 27.6 Å². The zero-order valence-corrected chi connectivity index (χ0v) is 24.2. The van der Waals surface area contributed by atoms with Gasteiger partial charge in [-0.25, -0.2) is 0 Å². The standard InChI is InChI=1S/C30H39Cl2NOSi/c1-30(2,35(4,5)34-28-11-7-6-8-12-28)21-9-10-22-33(3)23-29(24-13-17-26(31)18-14-24)25-15-19-27(32)20-16-25/h6-8,11-20,29H,9-10,21-23H2,1-5H3. The third-order valence-electron chi connectivity index (χ3n) is 7.38. The molecule has 0 atom stereocenters. The molecule has 0 saturated carbocycles. The molecule has 3 aromatic carbocycles. The van der Waals surface area contributed by atoms with Gasteiger partial charge in [0.05, 0.1) is 0 Å². The summed E-state index contributed by atoms with van der Waals surface area (Å²) in [6.45, 7) is 11.5. The van der Waals surface area contributed by atoms with E-state index in [1.165, 1.54) is 30.4 Å². The van der Waals surface area contributed by atoms with E-state index in [1.54, 1.807) is 0 Å². The summed E-state index contributed by atoms with van der Waals surface area (Å²) >= 11 is 12.3. The number of hydrogen-bond donors (Lipinski definition) is 0. The minimum absolute atomic E-state index is 0.191. The first-order valence-corrected chi connectivity index (χ1v) is 16.2. The van der Waals surface area contributed by atoms with E-state index in [0.29, 0.717) is 0 Å². The average Bonchev–Trinajstić information content (AvgIpc) is 2.82. The van der Waals surface area contributed by atoms with E-state index < -0.39 is 8.32 Å². The van der Waals surface area contributed by atoms with Gasteiger partial charge in [0.25, 0.3) is 8.32 Å². The monoisotopic (exact) mass is 527 g/mol. The van der Waals surface area contributed by atoms with Crippen LogP contribution in [0.4, 0.5) is 0 Å². The second-order valence-electron chi connectivity index (χ2n) is 10.7. The normalized spacial score (nSPS) is 12.4. The summed E-state index contributed by atoms with van der Waals surface area (Å²) in [6, 6.07) is 26.7. The molecule has 0 fully saturated rings. The number of para-hydroxylation sites is 1. The van der Waals surface area contributed by atoms with Crippen molar-refractivity contribution in [3.63, 3.8) is 0 Å². The summed E-state index contributed by atoms with van der Waals surface area (Å²) in [5.74, 6) is 1.27. The van der Waals surface area contributed by atoms with E-state index >= 15 is 0 Å². The highest BCUT2D eigenvalue weighted by molar-refractivity contribution is 6.74. The smallest absolute Gasteiger partial charge is 0.250 e. The molecule has 0 aliphatic rings. The van der Waals surface area contributed by atoms with Gasteiger partial charge in [-0.05, 0) is 92.1 Å². The second kappa shape index (κ2) is 12.4. The maximum atomic E-state index is 6.52. The Balaban J connectivity index is 1.55. The molecule has 0 radical (unpaired) electrons. The Kier molecular flexibility index (Phi) is 9.89. The molecule has 0 spiro atoms. The van der Waals surface area contributed by atoms with Gasteiger partial charge in [-0.15, -0.1) is 0 Å². The van der Waals surface area contributed by atoms with Crippen LogP contribution in [0.15, 0.2) is 78.9 Å². The Morgan fingerprint density at radius 3 is 1.83 bits per heavy atom. The number of nitrogens with zero attached hydrogens (tertiary/aromatic N) is 1. The summed E-state index contributed by atoms with van der Waals surface area (Å²) in [5.41, 5.74) is 2.55. The van der Waals surface area contributed by atoms with Crippen LogP contribution < -0.4 is 4.43 Å². The molecule has 2 nitrogen and oxygen atoms in total. The topological polar surface area (TPSA) is 12.5 Å². The summed E-state index contributed by atoms with van der Waals surface area (Å²) < 4.78 is 6.52. The molecule has 188 valence electrons. The summed E-state index contributed by atoms with van der Waals surface area (Å²) in [7, 11) is 0.316. The number of hydrogen-bond acceptors (Lipinski definition) is 2. The van der Waals surface area contributed by atoms with E-state index in [9.17, 15) is 0 Å². The minimum Gasteiger partial charge on any atom is -0.543 e. The van der Waals surface area contributed by atoms with Gasteiger partial charge in [0, 0.05) is 22.5 Å². The molecule has 0 aromatic heterocycles. The summed E-state index contributed by atoms with van der Waals surface area (Å²) in [5, 5.41) is 1.72. The molecule has 0 aliphatic carbocycles. The Morgan fingerprint density at radius 1 is 0.800 bits per heavy atom. The molecular weight excluding hydrogens is 489 g/mol. The number of benzene rings is 3. The van der Waals surface area contributed by atoms with Crippen molar-refractivity contribution in [3.05, 3.63) is 100 Å². The zero-order valence-electron chi connectivity index (χ0n) is 21.7. The van der Waals surface area contributed by atoms with Gasteiger partial charge in [-0.1, -0.05) is 85.9 Å². The highest BCUT2D eigenvalue weighted by Crippen LogP contribution is 2.42. The first-order valence-electron chi connectivity index (χ1n) is 12.5. The fourth-order valence-electron chi connectivity index (χ4n) is 4.37. The molecule has 0 heterocycles. The Morgan fingerprint density at radius 2 is 1.31 bits per heavy atom. The molecule has 3 aromatic rings. The molecule has 35 heavy (non-hydrogen) atoms. The van der Waals surface area contributed by atoms with Gasteiger partial charge in [0.2, 0.25) is 0 Å². The number of likely N-dealkylation sites (N-methyl/N-ethyl adjacent to an activating group) is 1. The van der Waals surface area contributed by atoms with E-state index in [1.807, 2.05) is 42.5 Å². The molecule has 5 heteroatoms. The molecule has 0 saturated heterocycles. The van der Waals surface area contributed by atoms with Crippen LogP contribution in [0.5, 0.6) is 5.75 Å². The molecule has 0 aliphatic heterocycles. The van der Waals surface area contributed by atoms with Crippen LogP contribution >= 0.6 is 23.2 Å². The number of rotatable bonds is 12. The summed E-state index contributed by atoms with van der Waals surface area (Å²) in [4.78, 5) is 2.45. The lowest BCUT2D eigenvalue weighted by molar-refractivity contribution is 0.310. The second-order valence-corrected chi connectivity index (χ2v) is 16.1. The lowest BCUT2D eigenvalue weighted by Gasteiger charge is -2.39. The predicted octanol–water partition coefficient (Wildman–Crippen LogP) is 9.29. The lowest BCUT2D eigenvalue weighted by Crippen LogP contribution is -2.45. The first-order chi connectivity index (χ1) is 16.6. The van der Waals surface area contributed by atoms with E-state index in [-0.39, 0.29) is 11.0 Å². The van der Waals surface area contributed by atoms with Crippen LogP contribution in [0.3, 0.4) is 0 Å². The van der Waals surface area contributed by atoms with Gasteiger partial charge in [-0.3, -0.25) is 0 Å². The average molecular weight is 529 g/mol. The van der Waals surface area contributed by atoms with Crippen molar-refractivity contribution in [3.8, 4) is 5.75 Å². The van der Waals surface area contributed by atoms with Gasteiger partial charge in [0.1, 0.15) is 5.75 Å². The third kappa shape index (κ3) is 8.11. The first kappa shape index (κ1) is 27.8. The summed E-state index contributed by atoms with van der Waals surface area (Å²) in [6.07, 6.45) is 3.53. The van der Waals surface area contributed by atoms with Gasteiger partial charge in [0.15, 0.2) is 0 Å². The van der Waals surface area contributed by atoms with Crippen LogP contribution in [-0.2, 0) is 0 Å². The molecule has 0 unspecified atom stereocenters. The van der Waals surface area contributed by atoms with Crippen molar-refractivity contribution < 1.29 is 4.43 Å². The van der Waals surface area contributed by atoms with E-state index in [2.05, 4.69) is 75.3 Å². The zero-order chi connectivity index (χ0) is 25.5. The number of unbranched alkanes of at least 4 members (excludes halogenated alkanes) is 1. The van der Waals surface area contributed by atoms with Crippen molar-refractivity contribution in [2.24, 2.45) is 0 Å². The van der Waals surface area contributed by atoms with Crippen LogP contribution in [0.2, 0.25) is 28.2 Å². The van der Waals surface area contributed by atoms with Gasteiger partial charge >= 0.3 is 0 Å². The molecular formula is C30H39Cl2NOSi. The molecule has 0 N–H and O–H groups in total. The highest BCUT2D eigenvalue weighted by Gasteiger charge is 2.42. The van der Waals surface area contributed by atoms with Crippen LogP contribution in [0, 0.1) is 0 Å². The van der Waals surface area contributed by atoms with Crippen molar-refractivity contribution in [1.29, 1.82) is 0 Å². The Bertz CT molecular complexity index is 991. The number of halogens is 2. The van der Waals surface area contributed by atoms with Gasteiger partial charge in [-0.2, -0.15) is 0 Å². The quantitative estimate of drug-likeness (QED) is 0.172. The van der Waals surface area contributed by atoms with Crippen molar-refractivity contribution in [2.75, 3.05) is 20.1 Å². The highest BCUT2D eigenvalue weighted by atomic mass is 35.5. The fraction of sp³-hybridized carbons (Fsp3) is 0.400. The molecule has 0 bridgehead atoms. The van der Waals surface area contributed by atoms with E-state index in [0.717, 1.165) is 28.9 Å². The van der Waals surface area contributed by atoms with Crippen LogP contribution in [0.1, 0.15) is 50.2 Å². The van der Waals surface area contributed by atoms with Crippen LogP contribution in [-0.4, -0.2) is 33.4 Å². The lowest BCUT2D eigenvalue weighted by atomic mass is 9.91. The van der Waals surface area contributed by atoms with Crippen molar-refractivity contribution in [2.45, 2.75) is 57.2 Å². The molecule has 0 amide bonds. The maximum Gasteiger partial charge on any atom is 0.250 e. The Hall–Kier alpha value is -1.78. The third-order valence-corrected chi connectivity index (χ3v) is 12.1. The fourth-order valence-corrected chi connectivity index (χ4v) is 6.40. The predicted molar refractivity (Wildman–Crippen MR) is 155 cm³/mol. The largest absolute Gasteiger partial charge is 0.543 e. The van der Waals surface area contributed by atoms with Crippen molar-refractivity contribution >= 4 is 31.5 Å². The maximum absolute atomic E-state index is 6.52. The van der Waals surface area contributed by atoms with Crippen molar-refractivity contribution in [1.82, 2.24) is 4.90 Å².